The second-order valence-electron chi connectivity index (χ2n) is 5.41. The number of nitrogens with zero attached hydrogens (tertiary/aromatic N) is 3. The fourth-order valence-electron chi connectivity index (χ4n) is 2.41. The van der Waals surface area contributed by atoms with E-state index in [9.17, 15) is 4.79 Å². The van der Waals surface area contributed by atoms with Crippen molar-refractivity contribution in [1.29, 1.82) is 0 Å². The zero-order valence-corrected chi connectivity index (χ0v) is 17.6. The van der Waals surface area contributed by atoms with Crippen LogP contribution in [-0.2, 0) is 17.0 Å². The van der Waals surface area contributed by atoms with Crippen molar-refractivity contribution in [3.05, 3.63) is 61.0 Å². The average molecular weight is 475 g/mol. The van der Waals surface area contributed by atoms with Gasteiger partial charge in [0.15, 0.2) is 5.16 Å². The van der Waals surface area contributed by atoms with Gasteiger partial charge in [-0.3, -0.25) is 9.36 Å². The maximum Gasteiger partial charge on any atom is 0.262 e. The minimum atomic E-state index is -0.0957. The van der Waals surface area contributed by atoms with Gasteiger partial charge >= 0.3 is 0 Å². The van der Waals surface area contributed by atoms with Gasteiger partial charge in [0.25, 0.3) is 5.56 Å². The highest BCUT2D eigenvalue weighted by atomic mass is 79.9. The molecule has 0 saturated heterocycles. The molecule has 0 aliphatic heterocycles. The topological polar surface area (TPSA) is 57.0 Å². The number of hydrogen-bond acceptors (Lipinski definition) is 5. The van der Waals surface area contributed by atoms with Crippen molar-refractivity contribution in [3.8, 4) is 0 Å². The molecule has 0 N–H and O–H groups in total. The second-order valence-corrected chi connectivity index (χ2v) is 8.05. The van der Waals surface area contributed by atoms with Crippen LogP contribution in [0.3, 0.4) is 0 Å². The molecule has 0 atom stereocenters. The first kappa shape index (κ1) is 19.6. The first-order valence-corrected chi connectivity index (χ1v) is 10.1. The average Bonchev–Trinajstić information content (AvgIpc) is 2.59. The normalized spacial score (nSPS) is 11.2. The molecule has 2 heterocycles. The van der Waals surface area contributed by atoms with Crippen LogP contribution in [0.2, 0.25) is 10.3 Å². The van der Waals surface area contributed by atoms with Crippen LogP contribution < -0.4 is 5.56 Å². The third-order valence-electron chi connectivity index (χ3n) is 3.59. The Kier molecular flexibility index (Phi) is 6.58. The van der Waals surface area contributed by atoms with E-state index < -0.39 is 0 Å². The minimum absolute atomic E-state index is 0.0957. The van der Waals surface area contributed by atoms with E-state index in [-0.39, 0.29) is 5.56 Å². The van der Waals surface area contributed by atoms with Gasteiger partial charge in [-0.2, -0.15) is 0 Å². The molecule has 2 aromatic heterocycles. The molecule has 9 heteroatoms. The SMILES string of the molecule is COCCn1c(SCc2cc(Cl)nc(Cl)c2)nc2ccc(Br)cc2c1=O. The highest BCUT2D eigenvalue weighted by Crippen LogP contribution is 2.25. The van der Waals surface area contributed by atoms with Crippen molar-refractivity contribution in [1.82, 2.24) is 14.5 Å². The van der Waals surface area contributed by atoms with Gasteiger partial charge in [0.1, 0.15) is 10.3 Å². The van der Waals surface area contributed by atoms with Gasteiger partial charge in [-0.15, -0.1) is 0 Å². The van der Waals surface area contributed by atoms with Crippen LogP contribution in [0.5, 0.6) is 0 Å². The molecule has 1 aromatic carbocycles. The van der Waals surface area contributed by atoms with Crippen LogP contribution in [0, 0.1) is 0 Å². The molecule has 0 bridgehead atoms. The molecule has 136 valence electrons. The van der Waals surface area contributed by atoms with Gasteiger partial charge in [0, 0.05) is 17.3 Å². The Hall–Kier alpha value is -1.12. The molecular weight excluding hydrogens is 461 g/mol. The number of rotatable bonds is 6. The van der Waals surface area contributed by atoms with Crippen LogP contribution in [0.4, 0.5) is 0 Å². The second kappa shape index (κ2) is 8.71. The third-order valence-corrected chi connectivity index (χ3v) is 5.52. The van der Waals surface area contributed by atoms with Crippen LogP contribution >= 0.6 is 50.9 Å². The van der Waals surface area contributed by atoms with E-state index >= 15 is 0 Å². The van der Waals surface area contributed by atoms with Gasteiger partial charge < -0.3 is 4.74 Å². The van der Waals surface area contributed by atoms with Gasteiger partial charge in [0.2, 0.25) is 0 Å². The number of aromatic nitrogens is 3. The van der Waals surface area contributed by atoms with Crippen LogP contribution in [-0.4, -0.2) is 28.3 Å². The summed E-state index contributed by atoms with van der Waals surface area (Å²) in [5, 5.41) is 1.85. The number of halogens is 3. The lowest BCUT2D eigenvalue weighted by atomic mass is 10.2. The number of fused-ring (bicyclic) bond motifs is 1. The van der Waals surface area contributed by atoms with E-state index in [1.807, 2.05) is 12.1 Å². The van der Waals surface area contributed by atoms with Crippen molar-refractivity contribution in [2.24, 2.45) is 0 Å². The molecule has 3 aromatic rings. The minimum Gasteiger partial charge on any atom is -0.383 e. The summed E-state index contributed by atoms with van der Waals surface area (Å²) < 4.78 is 7.61. The predicted molar refractivity (Wildman–Crippen MR) is 109 cm³/mol. The van der Waals surface area contributed by atoms with E-state index in [4.69, 9.17) is 27.9 Å². The number of pyridine rings is 1. The summed E-state index contributed by atoms with van der Waals surface area (Å²) in [6.45, 7) is 0.840. The van der Waals surface area contributed by atoms with Crippen LogP contribution in [0.25, 0.3) is 10.9 Å². The maximum absolute atomic E-state index is 12.9. The molecule has 0 aliphatic carbocycles. The summed E-state index contributed by atoms with van der Waals surface area (Å²) in [4.78, 5) is 21.5. The molecule has 3 rings (SSSR count). The molecule has 0 aliphatic rings. The monoisotopic (exact) mass is 473 g/mol. The third kappa shape index (κ3) is 4.58. The fourth-order valence-corrected chi connectivity index (χ4v) is 4.23. The zero-order valence-electron chi connectivity index (χ0n) is 13.7. The van der Waals surface area contributed by atoms with Crippen molar-refractivity contribution in [2.75, 3.05) is 13.7 Å². The summed E-state index contributed by atoms with van der Waals surface area (Å²) in [5.41, 5.74) is 1.46. The molecule has 0 amide bonds. The van der Waals surface area contributed by atoms with Gasteiger partial charge in [-0.1, -0.05) is 50.9 Å². The van der Waals surface area contributed by atoms with Crippen molar-refractivity contribution >= 4 is 61.8 Å². The number of ether oxygens (including phenoxy) is 1. The Labute approximate surface area is 172 Å². The van der Waals surface area contributed by atoms with Gasteiger partial charge in [-0.25, -0.2) is 9.97 Å². The lowest BCUT2D eigenvalue weighted by Gasteiger charge is -2.13. The fraction of sp³-hybridized carbons (Fsp3) is 0.235. The molecule has 0 saturated carbocycles. The molecule has 5 nitrogen and oxygen atoms in total. The highest BCUT2D eigenvalue weighted by Gasteiger charge is 2.13. The van der Waals surface area contributed by atoms with E-state index in [0.717, 1.165) is 10.0 Å². The number of thioether (sulfide) groups is 1. The summed E-state index contributed by atoms with van der Waals surface area (Å²) in [6.07, 6.45) is 0. The smallest absolute Gasteiger partial charge is 0.262 e. The zero-order chi connectivity index (χ0) is 18.7. The molecule has 26 heavy (non-hydrogen) atoms. The molecule has 0 radical (unpaired) electrons. The Bertz CT molecular complexity index is 993. The maximum atomic E-state index is 12.9. The van der Waals surface area contributed by atoms with E-state index in [1.165, 1.54) is 11.8 Å². The van der Waals surface area contributed by atoms with Crippen LogP contribution in [0.1, 0.15) is 5.56 Å². The summed E-state index contributed by atoms with van der Waals surface area (Å²) in [7, 11) is 1.60. The summed E-state index contributed by atoms with van der Waals surface area (Å²) in [5.74, 6) is 0.559. The van der Waals surface area contributed by atoms with Gasteiger partial charge in [-0.05, 0) is 35.9 Å². The number of hydrogen-bond donors (Lipinski definition) is 0. The number of benzene rings is 1. The summed E-state index contributed by atoms with van der Waals surface area (Å²) >= 11 is 16.7. The standard InChI is InChI=1S/C17H14BrCl2N3O2S/c1-25-5-4-23-16(24)12-8-11(18)2-3-13(12)21-17(23)26-9-10-6-14(19)22-15(20)7-10/h2-3,6-8H,4-5,9H2,1H3. The Morgan fingerprint density at radius 3 is 2.62 bits per heavy atom. The first-order valence-electron chi connectivity index (χ1n) is 7.61. The summed E-state index contributed by atoms with van der Waals surface area (Å²) in [6, 6.07) is 8.97. The van der Waals surface area contributed by atoms with Crippen molar-refractivity contribution in [2.45, 2.75) is 17.5 Å². The van der Waals surface area contributed by atoms with Gasteiger partial charge in [0.05, 0.1) is 24.1 Å². The van der Waals surface area contributed by atoms with E-state index in [0.29, 0.717) is 45.3 Å². The molecule has 0 spiro atoms. The molecule has 0 unspecified atom stereocenters. The number of methoxy groups -OCH3 is 1. The lowest BCUT2D eigenvalue weighted by molar-refractivity contribution is 0.183. The van der Waals surface area contributed by atoms with Crippen molar-refractivity contribution < 1.29 is 4.74 Å². The highest BCUT2D eigenvalue weighted by molar-refractivity contribution is 9.10. The predicted octanol–water partition coefficient (Wildman–Crippen LogP) is 4.80. The Morgan fingerprint density at radius 2 is 1.92 bits per heavy atom. The Balaban J connectivity index is 1.99. The van der Waals surface area contributed by atoms with Crippen LogP contribution in [0.15, 0.2) is 44.8 Å². The van der Waals surface area contributed by atoms with E-state index in [2.05, 4.69) is 25.9 Å². The molecule has 0 fully saturated rings. The largest absolute Gasteiger partial charge is 0.383 e. The lowest BCUT2D eigenvalue weighted by Crippen LogP contribution is -2.25. The van der Waals surface area contributed by atoms with E-state index in [1.54, 1.807) is 29.9 Å². The quantitative estimate of drug-likeness (QED) is 0.291. The van der Waals surface area contributed by atoms with Crippen molar-refractivity contribution in [3.63, 3.8) is 0 Å². The first-order chi connectivity index (χ1) is 12.5. The Morgan fingerprint density at radius 1 is 1.19 bits per heavy atom. The molecular formula is C17H14BrCl2N3O2S.